The molecule has 2 aliphatic heterocycles. The van der Waals surface area contributed by atoms with Gasteiger partial charge in [-0.3, -0.25) is 4.90 Å². The maximum atomic E-state index is 13.0. The number of ether oxygens (including phenoxy) is 1. The van der Waals surface area contributed by atoms with Crippen molar-refractivity contribution in [1.82, 2.24) is 9.47 Å². The van der Waals surface area contributed by atoms with Crippen molar-refractivity contribution in [2.75, 3.05) is 13.1 Å². The Hall–Kier alpha value is -1.54. The summed E-state index contributed by atoms with van der Waals surface area (Å²) in [5.41, 5.74) is 4.34. The van der Waals surface area contributed by atoms with E-state index in [1.165, 1.54) is 35.0 Å². The van der Waals surface area contributed by atoms with Crippen LogP contribution in [-0.2, 0) is 24.8 Å². The third-order valence-electron chi connectivity index (χ3n) is 9.75. The molecule has 3 heterocycles. The van der Waals surface area contributed by atoms with Crippen LogP contribution in [0.2, 0.25) is 0 Å². The number of hydrogen-bond donors (Lipinski definition) is 2. The number of aromatic nitrogens is 1. The number of piperidine rings is 1. The van der Waals surface area contributed by atoms with E-state index in [0.717, 1.165) is 58.4 Å². The first kappa shape index (κ1) is 21.5. The van der Waals surface area contributed by atoms with Gasteiger partial charge in [0.25, 0.3) is 0 Å². The van der Waals surface area contributed by atoms with E-state index in [1.54, 1.807) is 6.07 Å². The van der Waals surface area contributed by atoms with Gasteiger partial charge >= 0.3 is 0 Å². The second-order valence-corrected chi connectivity index (χ2v) is 13.1. The monoisotopic (exact) mass is 598 g/mol. The molecule has 1 spiro atoms. The molecule has 35 heavy (non-hydrogen) atoms. The Balaban J connectivity index is 1.45. The average molecular weight is 600 g/mol. The average Bonchev–Trinajstić information content (AvgIpc) is 3.48. The normalized spacial score (nSPS) is 32.5. The number of phenols is 1. The van der Waals surface area contributed by atoms with Gasteiger partial charge < -0.3 is 19.5 Å². The van der Waals surface area contributed by atoms with Gasteiger partial charge in [0.1, 0.15) is 0 Å². The molecule has 1 saturated carbocycles. The fourth-order valence-corrected chi connectivity index (χ4v) is 9.67. The molecule has 0 radical (unpaired) electrons. The van der Waals surface area contributed by atoms with Crippen molar-refractivity contribution in [3.05, 3.63) is 55.6 Å². The molecule has 2 bridgehead atoms. The first-order valence-corrected chi connectivity index (χ1v) is 14.4. The van der Waals surface area contributed by atoms with Crippen molar-refractivity contribution in [1.29, 1.82) is 0 Å². The Morgan fingerprint density at radius 3 is 2.80 bits per heavy atom. The van der Waals surface area contributed by atoms with Crippen LogP contribution in [0, 0.1) is 5.92 Å². The SMILES string of the molecule is CCn1c2c(c3cc(Br)cc(Br)c31)C[C@@]1(O)[C@H]3Cc4ccc(O)c5c4[C@@]1(CCN3CC1CC1)[C@H]2O5. The molecule has 4 atom stereocenters. The summed E-state index contributed by atoms with van der Waals surface area (Å²) in [6, 6.07) is 8.21. The molecular formula is C28H28Br2N2O3. The number of aryl methyl sites for hydroxylation is 1. The summed E-state index contributed by atoms with van der Waals surface area (Å²) in [5, 5.41) is 25.1. The topological polar surface area (TPSA) is 57.9 Å². The van der Waals surface area contributed by atoms with E-state index in [-0.39, 0.29) is 17.9 Å². The van der Waals surface area contributed by atoms with Crippen LogP contribution in [0.15, 0.2) is 33.2 Å². The number of aromatic hydroxyl groups is 1. The summed E-state index contributed by atoms with van der Waals surface area (Å²) < 4.78 is 11.2. The van der Waals surface area contributed by atoms with E-state index in [4.69, 9.17) is 4.74 Å². The highest BCUT2D eigenvalue weighted by Gasteiger charge is 2.73. The number of aliphatic hydroxyl groups is 1. The second kappa shape index (κ2) is 6.85. The molecule has 3 aliphatic carbocycles. The van der Waals surface area contributed by atoms with Crippen LogP contribution < -0.4 is 4.74 Å². The zero-order chi connectivity index (χ0) is 23.9. The van der Waals surface area contributed by atoms with Crippen molar-refractivity contribution < 1.29 is 14.9 Å². The number of rotatable bonds is 3. The molecular weight excluding hydrogens is 572 g/mol. The van der Waals surface area contributed by atoms with Crippen molar-refractivity contribution in [2.24, 2.45) is 5.92 Å². The van der Waals surface area contributed by atoms with Crippen molar-refractivity contribution >= 4 is 42.8 Å². The van der Waals surface area contributed by atoms with Crippen LogP contribution in [0.4, 0.5) is 0 Å². The number of likely N-dealkylation sites (tertiary alicyclic amines) is 1. The molecule has 8 rings (SSSR count). The first-order valence-electron chi connectivity index (χ1n) is 12.9. The minimum absolute atomic E-state index is 0.0507. The Morgan fingerprint density at radius 1 is 1.20 bits per heavy atom. The standard InChI is InChI=1S/C28H28Br2N2O3/c1-2-32-23-17(10-16(29)11-19(23)30)18-12-28(34)21-9-15-5-6-20(33)25-22(15)27(28,26(35-25)24(18)32)7-8-31(21)13-14-3-4-14/h5-6,10-11,14,21,26,33-34H,2-4,7-9,12-13H2,1H3/t21-,26+,27+,28-/m1/s1. The second-order valence-electron chi connectivity index (χ2n) is 11.3. The van der Waals surface area contributed by atoms with Crippen LogP contribution in [0.1, 0.15) is 54.7 Å². The number of phenolic OH excluding ortho intramolecular Hbond substituents is 1. The molecule has 2 N–H and O–H groups in total. The Bertz CT molecular complexity index is 1450. The summed E-state index contributed by atoms with van der Waals surface area (Å²) in [7, 11) is 0. The van der Waals surface area contributed by atoms with Gasteiger partial charge in [-0.05, 0) is 90.3 Å². The summed E-state index contributed by atoms with van der Waals surface area (Å²) in [5.74, 6) is 1.56. The quantitative estimate of drug-likeness (QED) is 0.412. The van der Waals surface area contributed by atoms with Crippen LogP contribution in [-0.4, -0.2) is 44.4 Å². The van der Waals surface area contributed by atoms with E-state index in [9.17, 15) is 10.2 Å². The maximum Gasteiger partial charge on any atom is 0.166 e. The molecule has 2 fully saturated rings. The molecule has 7 heteroatoms. The van der Waals surface area contributed by atoms with E-state index in [2.05, 4.69) is 66.4 Å². The lowest BCUT2D eigenvalue weighted by Gasteiger charge is -2.63. The fraction of sp³-hybridized carbons (Fsp3) is 0.500. The minimum Gasteiger partial charge on any atom is -0.504 e. The molecule has 5 aliphatic rings. The van der Waals surface area contributed by atoms with Gasteiger partial charge in [-0.2, -0.15) is 0 Å². The van der Waals surface area contributed by atoms with Gasteiger partial charge in [-0.25, -0.2) is 0 Å². The van der Waals surface area contributed by atoms with E-state index >= 15 is 0 Å². The van der Waals surface area contributed by atoms with Gasteiger partial charge in [0.05, 0.1) is 22.2 Å². The number of fused-ring (bicyclic) bond motifs is 4. The van der Waals surface area contributed by atoms with Gasteiger partial charge in [0, 0.05) is 45.4 Å². The molecule has 2 aromatic carbocycles. The fourth-order valence-electron chi connectivity index (χ4n) is 8.23. The molecule has 0 amide bonds. The van der Waals surface area contributed by atoms with Crippen LogP contribution in [0.3, 0.4) is 0 Å². The highest BCUT2D eigenvalue weighted by molar-refractivity contribution is 9.11. The smallest absolute Gasteiger partial charge is 0.166 e. The van der Waals surface area contributed by atoms with Crippen molar-refractivity contribution in [2.45, 2.75) is 68.7 Å². The highest BCUT2D eigenvalue weighted by atomic mass is 79.9. The molecule has 5 nitrogen and oxygen atoms in total. The van der Waals surface area contributed by atoms with Crippen molar-refractivity contribution in [3.8, 4) is 11.5 Å². The molecule has 1 saturated heterocycles. The van der Waals surface area contributed by atoms with Crippen LogP contribution in [0.5, 0.6) is 11.5 Å². The zero-order valence-electron chi connectivity index (χ0n) is 19.7. The van der Waals surface area contributed by atoms with E-state index in [0.29, 0.717) is 12.2 Å². The summed E-state index contributed by atoms with van der Waals surface area (Å²) >= 11 is 7.53. The number of benzene rings is 2. The predicted octanol–water partition coefficient (Wildman–Crippen LogP) is 5.59. The van der Waals surface area contributed by atoms with E-state index < -0.39 is 11.0 Å². The Labute approximate surface area is 221 Å². The lowest BCUT2D eigenvalue weighted by molar-refractivity contribution is -0.173. The summed E-state index contributed by atoms with van der Waals surface area (Å²) in [6.07, 6.45) is 4.55. The third kappa shape index (κ3) is 2.47. The Kier molecular flexibility index (Phi) is 4.22. The number of nitrogens with zero attached hydrogens (tertiary/aromatic N) is 2. The number of halogens is 2. The molecule has 1 aromatic heterocycles. The largest absolute Gasteiger partial charge is 0.504 e. The molecule has 182 valence electrons. The number of hydrogen-bond acceptors (Lipinski definition) is 4. The third-order valence-corrected chi connectivity index (χ3v) is 10.8. The lowest BCUT2D eigenvalue weighted by Crippen LogP contribution is -2.74. The van der Waals surface area contributed by atoms with Crippen LogP contribution in [0.25, 0.3) is 10.9 Å². The van der Waals surface area contributed by atoms with E-state index in [1.807, 2.05) is 0 Å². The van der Waals surface area contributed by atoms with Gasteiger partial charge in [-0.1, -0.05) is 22.0 Å². The van der Waals surface area contributed by atoms with Gasteiger partial charge in [0.15, 0.2) is 17.6 Å². The first-order chi connectivity index (χ1) is 16.9. The molecule has 3 aromatic rings. The molecule has 0 unspecified atom stereocenters. The summed E-state index contributed by atoms with van der Waals surface area (Å²) in [4.78, 5) is 2.59. The minimum atomic E-state index is -0.953. The Morgan fingerprint density at radius 2 is 2.03 bits per heavy atom. The predicted molar refractivity (Wildman–Crippen MR) is 141 cm³/mol. The van der Waals surface area contributed by atoms with Crippen molar-refractivity contribution in [3.63, 3.8) is 0 Å². The van der Waals surface area contributed by atoms with Gasteiger partial charge in [-0.15, -0.1) is 0 Å². The highest BCUT2D eigenvalue weighted by Crippen LogP contribution is 2.69. The lowest BCUT2D eigenvalue weighted by atomic mass is 9.49. The zero-order valence-corrected chi connectivity index (χ0v) is 22.8. The summed E-state index contributed by atoms with van der Waals surface area (Å²) in [6.45, 7) is 5.04. The van der Waals surface area contributed by atoms with Crippen LogP contribution >= 0.6 is 31.9 Å². The van der Waals surface area contributed by atoms with Gasteiger partial charge in [0.2, 0.25) is 0 Å². The maximum absolute atomic E-state index is 13.0.